The average molecular weight is 354 g/mol. The first-order valence-electron chi connectivity index (χ1n) is 9.35. The molecule has 2 bridgehead atoms. The summed E-state index contributed by atoms with van der Waals surface area (Å²) in [6, 6.07) is 3.82. The fourth-order valence-electron chi connectivity index (χ4n) is 5.16. The Bertz CT molecular complexity index is 744. The normalized spacial score (nSPS) is 31.0. The third-order valence-electron chi connectivity index (χ3n) is 6.21. The molecule has 4 rings (SSSR count). The van der Waals surface area contributed by atoms with Gasteiger partial charge >= 0.3 is 0 Å². The lowest BCUT2D eigenvalue weighted by Gasteiger charge is -2.55. The summed E-state index contributed by atoms with van der Waals surface area (Å²) < 4.78 is 6.24. The van der Waals surface area contributed by atoms with Gasteiger partial charge in [-0.05, 0) is 42.2 Å². The smallest absolute Gasteiger partial charge is 0.267 e. The van der Waals surface area contributed by atoms with E-state index in [1.54, 1.807) is 13.3 Å². The minimum atomic E-state index is -0.492. The SMILES string of the molecule is COC1(c2ccnc(C(N)=O)c2)C2CCCC1CN(CC1=CC=NC1)C2. The number of aliphatic imine (C=N–C) groups is 1. The molecule has 3 aliphatic rings. The quantitative estimate of drug-likeness (QED) is 0.874. The molecule has 1 aromatic rings. The number of allylic oxidation sites excluding steroid dienone is 1. The Morgan fingerprint density at radius 1 is 1.38 bits per heavy atom. The lowest BCUT2D eigenvalue weighted by Crippen LogP contribution is -2.59. The molecule has 6 heteroatoms. The summed E-state index contributed by atoms with van der Waals surface area (Å²) in [7, 11) is 1.80. The van der Waals surface area contributed by atoms with Gasteiger partial charge in [-0.1, -0.05) is 6.42 Å². The van der Waals surface area contributed by atoms with Crippen molar-refractivity contribution in [2.75, 3.05) is 33.3 Å². The van der Waals surface area contributed by atoms with Crippen molar-refractivity contribution in [1.82, 2.24) is 9.88 Å². The van der Waals surface area contributed by atoms with Crippen LogP contribution in [0.15, 0.2) is 35.0 Å². The van der Waals surface area contributed by atoms with E-state index in [0.29, 0.717) is 17.5 Å². The molecule has 1 saturated carbocycles. The van der Waals surface area contributed by atoms with E-state index in [4.69, 9.17) is 10.5 Å². The van der Waals surface area contributed by atoms with Crippen LogP contribution in [0.25, 0.3) is 0 Å². The number of piperidine rings is 1. The van der Waals surface area contributed by atoms with Crippen LogP contribution in [0.1, 0.15) is 35.3 Å². The minimum absolute atomic E-state index is 0.313. The number of carbonyl (C=O) groups is 1. The Balaban J connectivity index is 1.64. The summed E-state index contributed by atoms with van der Waals surface area (Å²) in [6.07, 6.45) is 9.21. The van der Waals surface area contributed by atoms with Crippen LogP contribution in [0, 0.1) is 11.8 Å². The number of carbonyl (C=O) groups excluding carboxylic acids is 1. The summed E-state index contributed by atoms with van der Waals surface area (Å²) in [5.74, 6) is 0.297. The average Bonchev–Trinajstić information content (AvgIpc) is 3.14. The van der Waals surface area contributed by atoms with E-state index in [9.17, 15) is 4.79 Å². The number of aromatic nitrogens is 1. The van der Waals surface area contributed by atoms with Gasteiger partial charge in [0.25, 0.3) is 5.91 Å². The lowest BCUT2D eigenvalue weighted by molar-refractivity contribution is -0.167. The van der Waals surface area contributed by atoms with E-state index in [0.717, 1.165) is 44.6 Å². The second kappa shape index (κ2) is 6.93. The molecule has 1 aromatic heterocycles. The molecule has 1 saturated heterocycles. The predicted molar refractivity (Wildman–Crippen MR) is 100 cm³/mol. The number of ether oxygens (including phenoxy) is 1. The van der Waals surface area contributed by atoms with Gasteiger partial charge in [0.05, 0.1) is 6.54 Å². The zero-order valence-corrected chi connectivity index (χ0v) is 15.2. The number of hydrogen-bond acceptors (Lipinski definition) is 5. The van der Waals surface area contributed by atoms with Crippen molar-refractivity contribution in [1.29, 1.82) is 0 Å². The van der Waals surface area contributed by atoms with E-state index < -0.39 is 5.91 Å². The van der Waals surface area contributed by atoms with Crippen LogP contribution in [-0.2, 0) is 10.3 Å². The highest BCUT2D eigenvalue weighted by molar-refractivity contribution is 5.90. The molecule has 2 aliphatic heterocycles. The van der Waals surface area contributed by atoms with Crippen LogP contribution in [0.3, 0.4) is 0 Å². The van der Waals surface area contributed by atoms with E-state index in [1.807, 2.05) is 18.3 Å². The second-order valence-electron chi connectivity index (χ2n) is 7.62. The standard InChI is InChI=1S/C20H26N4O2/c1-26-20(15-6-8-23-18(9-15)19(21)25)16-3-2-4-17(20)13-24(12-16)11-14-5-7-22-10-14/h5-9,16-17H,2-4,10-13H2,1H3,(H2,21,25). The Morgan fingerprint density at radius 2 is 2.15 bits per heavy atom. The van der Waals surface area contributed by atoms with Crippen LogP contribution in [-0.4, -0.2) is 55.3 Å². The first-order chi connectivity index (χ1) is 12.6. The van der Waals surface area contributed by atoms with Gasteiger partial charge in [-0.25, -0.2) is 0 Å². The topological polar surface area (TPSA) is 80.8 Å². The fraction of sp³-hybridized carbons (Fsp3) is 0.550. The molecule has 1 amide bonds. The maximum atomic E-state index is 11.6. The maximum absolute atomic E-state index is 11.6. The van der Waals surface area contributed by atoms with Gasteiger partial charge in [0.2, 0.25) is 0 Å². The van der Waals surface area contributed by atoms with Gasteiger partial charge in [-0.15, -0.1) is 0 Å². The summed E-state index contributed by atoms with van der Waals surface area (Å²) >= 11 is 0. The fourth-order valence-corrected chi connectivity index (χ4v) is 5.16. The van der Waals surface area contributed by atoms with Crippen molar-refractivity contribution in [3.05, 3.63) is 41.2 Å². The summed E-state index contributed by atoms with van der Waals surface area (Å²) in [5.41, 5.74) is 7.84. The molecule has 2 N–H and O–H groups in total. The molecule has 0 aromatic carbocycles. The Morgan fingerprint density at radius 3 is 2.77 bits per heavy atom. The molecule has 1 aliphatic carbocycles. The largest absolute Gasteiger partial charge is 0.373 e. The number of pyridine rings is 1. The van der Waals surface area contributed by atoms with Crippen molar-refractivity contribution in [2.45, 2.75) is 24.9 Å². The Hall–Kier alpha value is -2.05. The molecule has 3 heterocycles. The number of methoxy groups -OCH3 is 1. The molecule has 2 fully saturated rings. The number of amides is 1. The number of nitrogens with two attached hydrogens (primary N) is 1. The van der Waals surface area contributed by atoms with E-state index in [2.05, 4.69) is 21.0 Å². The van der Waals surface area contributed by atoms with E-state index >= 15 is 0 Å². The first-order valence-corrected chi connectivity index (χ1v) is 9.35. The number of primary amides is 1. The Kier molecular flexibility index (Phi) is 4.63. The summed E-state index contributed by atoms with van der Waals surface area (Å²) in [5, 5.41) is 0. The monoisotopic (exact) mass is 354 g/mol. The highest BCUT2D eigenvalue weighted by Crippen LogP contribution is 2.51. The highest BCUT2D eigenvalue weighted by atomic mass is 16.5. The van der Waals surface area contributed by atoms with Gasteiger partial charge < -0.3 is 10.5 Å². The molecule has 2 atom stereocenters. The van der Waals surface area contributed by atoms with Crippen molar-refractivity contribution in [2.24, 2.45) is 22.6 Å². The number of nitrogens with zero attached hydrogens (tertiary/aromatic N) is 3. The van der Waals surface area contributed by atoms with E-state index in [1.165, 1.54) is 12.0 Å². The van der Waals surface area contributed by atoms with Crippen molar-refractivity contribution < 1.29 is 9.53 Å². The molecular weight excluding hydrogens is 328 g/mol. The summed E-state index contributed by atoms with van der Waals surface area (Å²) in [4.78, 5) is 22.6. The Labute approximate surface area is 154 Å². The van der Waals surface area contributed by atoms with Crippen LogP contribution in [0.2, 0.25) is 0 Å². The summed E-state index contributed by atoms with van der Waals surface area (Å²) in [6.45, 7) is 3.80. The van der Waals surface area contributed by atoms with Crippen LogP contribution in [0.5, 0.6) is 0 Å². The minimum Gasteiger partial charge on any atom is -0.373 e. The van der Waals surface area contributed by atoms with Gasteiger partial charge in [0.15, 0.2) is 0 Å². The first kappa shape index (κ1) is 17.4. The van der Waals surface area contributed by atoms with Gasteiger partial charge in [0.1, 0.15) is 11.3 Å². The molecular formula is C20H26N4O2. The number of hydrogen-bond donors (Lipinski definition) is 1. The van der Waals surface area contributed by atoms with Crippen LogP contribution >= 0.6 is 0 Å². The predicted octanol–water partition coefficient (Wildman–Crippen LogP) is 1.76. The third kappa shape index (κ3) is 2.87. The third-order valence-corrected chi connectivity index (χ3v) is 6.21. The molecule has 138 valence electrons. The maximum Gasteiger partial charge on any atom is 0.267 e. The van der Waals surface area contributed by atoms with Crippen molar-refractivity contribution in [3.63, 3.8) is 0 Å². The van der Waals surface area contributed by atoms with Gasteiger partial charge in [-0.2, -0.15) is 0 Å². The lowest BCUT2D eigenvalue weighted by atomic mass is 9.62. The molecule has 26 heavy (non-hydrogen) atoms. The van der Waals surface area contributed by atoms with E-state index in [-0.39, 0.29) is 5.60 Å². The zero-order chi connectivity index (χ0) is 18.1. The highest BCUT2D eigenvalue weighted by Gasteiger charge is 2.53. The van der Waals surface area contributed by atoms with Gasteiger partial charge in [-0.3, -0.25) is 19.7 Å². The molecule has 0 spiro atoms. The molecule has 6 nitrogen and oxygen atoms in total. The van der Waals surface area contributed by atoms with Gasteiger partial charge in [0, 0.05) is 51.0 Å². The number of fused-ring (bicyclic) bond motifs is 2. The number of rotatable bonds is 5. The zero-order valence-electron chi connectivity index (χ0n) is 15.2. The molecule has 0 radical (unpaired) electrons. The second-order valence-corrected chi connectivity index (χ2v) is 7.62. The van der Waals surface area contributed by atoms with Crippen molar-refractivity contribution >= 4 is 12.1 Å². The van der Waals surface area contributed by atoms with Crippen LogP contribution in [0.4, 0.5) is 0 Å². The van der Waals surface area contributed by atoms with Crippen LogP contribution < -0.4 is 5.73 Å². The molecule has 2 unspecified atom stereocenters. The van der Waals surface area contributed by atoms with Crippen molar-refractivity contribution in [3.8, 4) is 0 Å². The number of likely N-dealkylation sites (tertiary alicyclic amines) is 1.